The molecule has 0 saturated carbocycles. The van der Waals surface area contributed by atoms with Crippen molar-refractivity contribution in [1.82, 2.24) is 9.97 Å². The summed E-state index contributed by atoms with van der Waals surface area (Å²) in [6.07, 6.45) is 0. The van der Waals surface area contributed by atoms with Crippen molar-refractivity contribution in [2.75, 3.05) is 23.4 Å². The van der Waals surface area contributed by atoms with Gasteiger partial charge < -0.3 is 4.90 Å². The number of nitrogens with two attached hydrogens (primary N) is 1. The molecule has 0 saturated heterocycles. The van der Waals surface area contributed by atoms with Crippen molar-refractivity contribution in [2.24, 2.45) is 5.84 Å². The predicted molar refractivity (Wildman–Crippen MR) is 68.7 cm³/mol. The molecule has 2 aromatic rings. The smallest absolute Gasteiger partial charge is 0.240 e. The molecule has 3 N–H and O–H groups in total. The third kappa shape index (κ3) is 2.15. The maximum absolute atomic E-state index is 8.79. The highest BCUT2D eigenvalue weighted by atomic mass is 32.1. The van der Waals surface area contributed by atoms with Crippen LogP contribution in [0.5, 0.6) is 0 Å². The molecule has 0 radical (unpaired) electrons. The molecule has 7 nitrogen and oxygen atoms in total. The lowest BCUT2D eigenvalue weighted by Gasteiger charge is -2.18. The van der Waals surface area contributed by atoms with Gasteiger partial charge in [-0.3, -0.25) is 5.43 Å². The molecule has 90 valence electrons. The number of rotatable bonds is 4. The van der Waals surface area contributed by atoms with E-state index in [1.54, 1.807) is 4.90 Å². The van der Waals surface area contributed by atoms with Gasteiger partial charge in [0.15, 0.2) is 0 Å². The van der Waals surface area contributed by atoms with Crippen molar-refractivity contribution in [2.45, 2.75) is 0 Å². The van der Waals surface area contributed by atoms with Crippen LogP contribution >= 0.6 is 11.3 Å². The van der Waals surface area contributed by atoms with Gasteiger partial charge in [-0.1, -0.05) is 0 Å². The first-order valence-electron chi connectivity index (χ1n) is 5.01. The summed E-state index contributed by atoms with van der Waals surface area (Å²) in [5.41, 5.74) is 2.38. The summed E-state index contributed by atoms with van der Waals surface area (Å²) in [4.78, 5) is 10.7. The third-order valence-corrected chi connectivity index (χ3v) is 3.06. The van der Waals surface area contributed by atoms with Crippen molar-refractivity contribution < 1.29 is 0 Å². The normalized spacial score (nSPS) is 9.72. The molecule has 0 amide bonds. The highest BCUT2D eigenvalue weighted by molar-refractivity contribution is 7.16. The van der Waals surface area contributed by atoms with Crippen LogP contribution in [0.25, 0.3) is 10.2 Å². The quantitative estimate of drug-likeness (QED) is 0.474. The molecule has 0 aliphatic carbocycles. The summed E-state index contributed by atoms with van der Waals surface area (Å²) in [5, 5.41) is 20.3. The number of nitriles is 2. The fourth-order valence-corrected chi connectivity index (χ4v) is 2.28. The molecule has 0 spiro atoms. The number of hydrogen-bond donors (Lipinski definition) is 2. The Balaban J connectivity index is 2.56. The minimum atomic E-state index is 0.0829. The van der Waals surface area contributed by atoms with E-state index in [1.807, 2.05) is 23.6 Å². The van der Waals surface area contributed by atoms with E-state index in [-0.39, 0.29) is 19.0 Å². The molecule has 2 aromatic heterocycles. The molecule has 0 unspecified atom stereocenters. The number of thiophene rings is 1. The van der Waals surface area contributed by atoms with Crippen LogP contribution in [-0.2, 0) is 0 Å². The number of aromatic nitrogens is 2. The Hall–Kier alpha value is -2.42. The zero-order valence-corrected chi connectivity index (χ0v) is 10.1. The van der Waals surface area contributed by atoms with Crippen molar-refractivity contribution in [3.63, 3.8) is 0 Å². The van der Waals surface area contributed by atoms with Gasteiger partial charge in [0, 0.05) is 0 Å². The molecule has 0 fully saturated rings. The first kappa shape index (κ1) is 12.0. The summed E-state index contributed by atoms with van der Waals surface area (Å²) in [7, 11) is 0. The number of nitrogen functional groups attached to an aromatic ring is 1. The second-order valence-corrected chi connectivity index (χ2v) is 4.22. The number of anilines is 2. The molecular weight excluding hydrogens is 250 g/mol. The molecule has 18 heavy (non-hydrogen) atoms. The van der Waals surface area contributed by atoms with E-state index >= 15 is 0 Å². The maximum Gasteiger partial charge on any atom is 0.240 e. The summed E-state index contributed by atoms with van der Waals surface area (Å²) in [6, 6.07) is 5.88. The summed E-state index contributed by atoms with van der Waals surface area (Å²) in [6.45, 7) is 0.166. The van der Waals surface area contributed by atoms with E-state index in [4.69, 9.17) is 16.4 Å². The standard InChI is InChI=1S/C10H9N7S/c11-2-4-17(5-3-12)8-7-1-6-18-9(7)15-10(14-8)16-13/h1,6H,4-5,13H2,(H,14,15,16). The molecular formula is C10H9N7S. The highest BCUT2D eigenvalue weighted by Crippen LogP contribution is 2.28. The van der Waals surface area contributed by atoms with Crippen LogP contribution in [0.2, 0.25) is 0 Å². The number of hydrogen-bond acceptors (Lipinski definition) is 8. The minimum absolute atomic E-state index is 0.0829. The highest BCUT2D eigenvalue weighted by Gasteiger charge is 2.14. The maximum atomic E-state index is 8.79. The second kappa shape index (κ2) is 5.27. The fraction of sp³-hybridized carbons (Fsp3) is 0.200. The monoisotopic (exact) mass is 259 g/mol. The molecule has 0 atom stereocenters. The SMILES string of the molecule is N#CCN(CC#N)c1nc(NN)nc2sccc12. The van der Waals surface area contributed by atoms with Gasteiger partial charge in [-0.15, -0.1) is 11.3 Å². The Kier molecular flexibility index (Phi) is 3.53. The molecule has 0 aliphatic heterocycles. The van der Waals surface area contributed by atoms with E-state index in [0.29, 0.717) is 5.82 Å². The Bertz CT molecular complexity index is 620. The predicted octanol–water partition coefficient (Wildman–Crippen LogP) is 0.830. The summed E-state index contributed by atoms with van der Waals surface area (Å²) >= 11 is 1.45. The van der Waals surface area contributed by atoms with E-state index in [2.05, 4.69) is 15.4 Å². The fourth-order valence-electron chi connectivity index (χ4n) is 1.52. The number of nitrogens with one attached hydrogen (secondary N) is 1. The van der Waals surface area contributed by atoms with Gasteiger partial charge in [0.2, 0.25) is 5.95 Å². The van der Waals surface area contributed by atoms with E-state index in [0.717, 1.165) is 10.2 Å². The summed E-state index contributed by atoms with van der Waals surface area (Å²) in [5.74, 6) is 6.11. The molecule has 2 heterocycles. The largest absolute Gasteiger partial charge is 0.329 e. The van der Waals surface area contributed by atoms with E-state index in [9.17, 15) is 0 Å². The van der Waals surface area contributed by atoms with Crippen molar-refractivity contribution >= 4 is 33.3 Å². The van der Waals surface area contributed by atoms with Crippen LogP contribution in [-0.4, -0.2) is 23.1 Å². The third-order valence-electron chi connectivity index (χ3n) is 2.26. The Labute approximate surface area is 107 Å². The van der Waals surface area contributed by atoms with E-state index < -0.39 is 0 Å². The zero-order chi connectivity index (χ0) is 13.0. The average Bonchev–Trinajstić information content (AvgIpc) is 2.85. The lowest BCUT2D eigenvalue weighted by atomic mass is 10.3. The first-order valence-corrected chi connectivity index (χ1v) is 5.88. The topological polar surface area (TPSA) is 115 Å². The molecule has 0 bridgehead atoms. The zero-order valence-electron chi connectivity index (χ0n) is 9.29. The van der Waals surface area contributed by atoms with E-state index in [1.165, 1.54) is 11.3 Å². The Morgan fingerprint density at radius 2 is 2.06 bits per heavy atom. The first-order chi connectivity index (χ1) is 8.80. The van der Waals surface area contributed by atoms with Crippen LogP contribution in [0.1, 0.15) is 0 Å². The van der Waals surface area contributed by atoms with Crippen LogP contribution in [0, 0.1) is 22.7 Å². The average molecular weight is 259 g/mol. The van der Waals surface area contributed by atoms with Gasteiger partial charge in [0.25, 0.3) is 0 Å². The van der Waals surface area contributed by atoms with Gasteiger partial charge in [-0.2, -0.15) is 15.5 Å². The van der Waals surface area contributed by atoms with Crippen molar-refractivity contribution in [3.8, 4) is 12.1 Å². The van der Waals surface area contributed by atoms with Crippen molar-refractivity contribution in [1.29, 1.82) is 10.5 Å². The van der Waals surface area contributed by atoms with Crippen LogP contribution in [0.4, 0.5) is 11.8 Å². The van der Waals surface area contributed by atoms with Crippen molar-refractivity contribution in [3.05, 3.63) is 11.4 Å². The molecule has 0 aromatic carbocycles. The Morgan fingerprint density at radius 1 is 1.33 bits per heavy atom. The number of nitrogens with zero attached hydrogens (tertiary/aromatic N) is 5. The number of fused-ring (bicyclic) bond motifs is 1. The van der Waals surface area contributed by atoms with Gasteiger partial charge in [0.05, 0.1) is 17.5 Å². The Morgan fingerprint density at radius 3 is 2.67 bits per heavy atom. The van der Waals surface area contributed by atoms with Gasteiger partial charge in [-0.05, 0) is 11.4 Å². The lowest BCUT2D eigenvalue weighted by molar-refractivity contribution is 0.937. The van der Waals surface area contributed by atoms with Crippen LogP contribution in [0.3, 0.4) is 0 Å². The van der Waals surface area contributed by atoms with Crippen LogP contribution < -0.4 is 16.2 Å². The van der Waals surface area contributed by atoms with Gasteiger partial charge in [-0.25, -0.2) is 10.8 Å². The van der Waals surface area contributed by atoms with Crippen LogP contribution in [0.15, 0.2) is 11.4 Å². The molecule has 0 aliphatic rings. The summed E-state index contributed by atoms with van der Waals surface area (Å²) < 4.78 is 0. The number of hydrazine groups is 1. The van der Waals surface area contributed by atoms with Gasteiger partial charge in [0.1, 0.15) is 23.7 Å². The molecule has 8 heteroatoms. The second-order valence-electron chi connectivity index (χ2n) is 3.33. The van der Waals surface area contributed by atoms with Gasteiger partial charge >= 0.3 is 0 Å². The lowest BCUT2D eigenvalue weighted by Crippen LogP contribution is -2.25. The molecule has 2 rings (SSSR count). The minimum Gasteiger partial charge on any atom is -0.329 e.